The van der Waals surface area contributed by atoms with Crippen LogP contribution in [0.25, 0.3) is 11.1 Å². The molecule has 5 aromatic rings. The summed E-state index contributed by atoms with van der Waals surface area (Å²) >= 11 is 0. The van der Waals surface area contributed by atoms with Crippen LogP contribution in [0.3, 0.4) is 0 Å². The van der Waals surface area contributed by atoms with Gasteiger partial charge in [-0.25, -0.2) is 9.59 Å². The molecule has 0 unspecified atom stereocenters. The monoisotopic (exact) mass is 638 g/mol. The highest BCUT2D eigenvalue weighted by atomic mass is 16.5. The molecule has 0 radical (unpaired) electrons. The Morgan fingerprint density at radius 1 is 0.646 bits per heavy atom. The lowest BCUT2D eigenvalue weighted by atomic mass is 9.77. The molecule has 1 atom stereocenters. The molecule has 0 spiro atoms. The van der Waals surface area contributed by atoms with Gasteiger partial charge >= 0.3 is 12.1 Å². The maximum Gasteiger partial charge on any atom is 0.407 e. The zero-order valence-corrected chi connectivity index (χ0v) is 26.5. The topological polar surface area (TPSA) is 105 Å². The van der Waals surface area contributed by atoms with Gasteiger partial charge in [-0.3, -0.25) is 4.79 Å². The fourth-order valence-corrected chi connectivity index (χ4v) is 6.73. The van der Waals surface area contributed by atoms with Crippen molar-refractivity contribution in [3.05, 3.63) is 167 Å². The number of hydrogen-bond acceptors (Lipinski definition) is 4. The molecule has 1 aliphatic carbocycles. The average Bonchev–Trinajstić information content (AvgIpc) is 3.45. The number of aliphatic carboxylic acids is 1. The van der Waals surface area contributed by atoms with Crippen molar-refractivity contribution < 1.29 is 24.2 Å². The van der Waals surface area contributed by atoms with Crippen LogP contribution in [-0.2, 0) is 19.9 Å². The molecule has 0 aromatic heterocycles. The molecule has 0 saturated heterocycles. The number of unbranched alkanes of at least 4 members (excludes halogenated alkanes) is 1. The molecule has 2 amide bonds. The quantitative estimate of drug-likeness (QED) is 0.0908. The number of ether oxygens (including phenoxy) is 1. The van der Waals surface area contributed by atoms with E-state index >= 15 is 0 Å². The Bertz CT molecular complexity index is 1720. The first kappa shape index (κ1) is 32.3. The SMILES string of the molecule is O=C(CCCC[C@H](NC(=O)OCC1c2ccccc2-c2ccccc21)C(=O)O)NC(c1ccccc1)(c1ccccc1)c1ccccc1. The molecule has 6 rings (SSSR count). The minimum Gasteiger partial charge on any atom is -0.480 e. The fraction of sp³-hybridized carbons (Fsp3) is 0.195. The number of rotatable bonds is 13. The van der Waals surface area contributed by atoms with Gasteiger partial charge in [-0.15, -0.1) is 0 Å². The molecular formula is C41H38N2O5. The number of nitrogens with one attached hydrogen (secondary N) is 2. The van der Waals surface area contributed by atoms with Crippen LogP contribution in [0.1, 0.15) is 59.4 Å². The van der Waals surface area contributed by atoms with Crippen molar-refractivity contribution in [3.8, 4) is 11.1 Å². The molecule has 7 nitrogen and oxygen atoms in total. The summed E-state index contributed by atoms with van der Waals surface area (Å²) in [5.41, 5.74) is 6.24. The molecule has 0 fully saturated rings. The first-order chi connectivity index (χ1) is 23.5. The van der Waals surface area contributed by atoms with Crippen molar-refractivity contribution in [2.24, 2.45) is 0 Å². The van der Waals surface area contributed by atoms with Crippen LogP contribution in [0, 0.1) is 0 Å². The predicted octanol–water partition coefficient (Wildman–Crippen LogP) is 7.65. The van der Waals surface area contributed by atoms with Crippen LogP contribution in [0.15, 0.2) is 140 Å². The molecule has 0 aliphatic heterocycles. The molecule has 0 bridgehead atoms. The van der Waals surface area contributed by atoms with E-state index in [1.165, 1.54) is 0 Å². The van der Waals surface area contributed by atoms with E-state index < -0.39 is 23.6 Å². The Labute approximate surface area is 280 Å². The van der Waals surface area contributed by atoms with Crippen molar-refractivity contribution in [1.82, 2.24) is 10.6 Å². The normalized spacial score (nSPS) is 12.8. The number of carboxylic acid groups (broad SMARTS) is 1. The number of alkyl carbamates (subject to hydrolysis) is 1. The van der Waals surface area contributed by atoms with E-state index in [9.17, 15) is 19.5 Å². The Morgan fingerprint density at radius 3 is 1.58 bits per heavy atom. The van der Waals surface area contributed by atoms with Gasteiger partial charge in [0.1, 0.15) is 18.2 Å². The van der Waals surface area contributed by atoms with Gasteiger partial charge in [-0.2, -0.15) is 0 Å². The van der Waals surface area contributed by atoms with E-state index in [2.05, 4.69) is 22.8 Å². The van der Waals surface area contributed by atoms with E-state index in [1.54, 1.807) is 0 Å². The third-order valence-electron chi connectivity index (χ3n) is 9.03. The molecule has 0 heterocycles. The molecule has 242 valence electrons. The van der Waals surface area contributed by atoms with Crippen molar-refractivity contribution in [2.75, 3.05) is 6.61 Å². The molecule has 0 saturated carbocycles. The lowest BCUT2D eigenvalue weighted by Gasteiger charge is -2.37. The average molecular weight is 639 g/mol. The van der Waals surface area contributed by atoms with Crippen molar-refractivity contribution in [1.29, 1.82) is 0 Å². The Morgan fingerprint density at radius 2 is 1.10 bits per heavy atom. The first-order valence-corrected chi connectivity index (χ1v) is 16.3. The maximum atomic E-state index is 13.6. The van der Waals surface area contributed by atoms with Crippen LogP contribution in [0.4, 0.5) is 4.79 Å². The van der Waals surface area contributed by atoms with Gasteiger partial charge in [-0.05, 0) is 51.8 Å². The Kier molecular flexibility index (Phi) is 9.96. The van der Waals surface area contributed by atoms with Crippen LogP contribution in [0.5, 0.6) is 0 Å². The highest BCUT2D eigenvalue weighted by molar-refractivity contribution is 5.81. The summed E-state index contributed by atoms with van der Waals surface area (Å²) in [5, 5.41) is 15.7. The van der Waals surface area contributed by atoms with E-state index in [4.69, 9.17) is 4.74 Å². The maximum absolute atomic E-state index is 13.6. The van der Waals surface area contributed by atoms with Gasteiger partial charge in [0, 0.05) is 12.3 Å². The summed E-state index contributed by atoms with van der Waals surface area (Å²) in [6.07, 6.45) is 0.430. The summed E-state index contributed by atoms with van der Waals surface area (Å²) in [7, 11) is 0. The number of carbonyl (C=O) groups is 3. The summed E-state index contributed by atoms with van der Waals surface area (Å²) < 4.78 is 5.57. The van der Waals surface area contributed by atoms with E-state index in [0.717, 1.165) is 38.9 Å². The van der Waals surface area contributed by atoms with Gasteiger partial charge in [-0.1, -0.05) is 146 Å². The fourth-order valence-electron chi connectivity index (χ4n) is 6.73. The summed E-state index contributed by atoms with van der Waals surface area (Å²) in [5.74, 6) is -1.44. The van der Waals surface area contributed by atoms with Crippen LogP contribution in [-0.4, -0.2) is 35.7 Å². The van der Waals surface area contributed by atoms with Gasteiger partial charge < -0.3 is 20.5 Å². The Balaban J connectivity index is 1.07. The van der Waals surface area contributed by atoms with Gasteiger partial charge in [0.25, 0.3) is 0 Å². The van der Waals surface area contributed by atoms with Gasteiger partial charge in [0.05, 0.1) is 0 Å². The van der Waals surface area contributed by atoms with Crippen LogP contribution in [0.2, 0.25) is 0 Å². The zero-order chi connectivity index (χ0) is 33.3. The third kappa shape index (κ3) is 6.86. The highest BCUT2D eigenvalue weighted by Gasteiger charge is 2.37. The molecule has 7 heteroatoms. The number of fused-ring (bicyclic) bond motifs is 3. The zero-order valence-electron chi connectivity index (χ0n) is 26.5. The second-order valence-electron chi connectivity index (χ2n) is 12.0. The van der Waals surface area contributed by atoms with Crippen molar-refractivity contribution >= 4 is 18.0 Å². The van der Waals surface area contributed by atoms with Crippen molar-refractivity contribution in [2.45, 2.75) is 43.2 Å². The minimum atomic E-state index is -1.15. The number of carbonyl (C=O) groups excluding carboxylic acids is 2. The number of hydrogen-bond donors (Lipinski definition) is 3. The highest BCUT2D eigenvalue weighted by Crippen LogP contribution is 2.44. The molecule has 5 aromatic carbocycles. The predicted molar refractivity (Wildman–Crippen MR) is 185 cm³/mol. The number of benzene rings is 5. The standard InChI is InChI=1S/C41H38N2O5/c44-38(43-41(29-16-4-1-5-17-29,30-18-6-2-7-19-30)31-20-8-3-9-21-31)27-15-14-26-37(39(45)46)42-40(47)48-28-36-34-24-12-10-22-32(34)33-23-11-13-25-35(33)36/h1-13,16-25,36-37H,14-15,26-28H2,(H,42,47)(H,43,44)(H,45,46)/t37-/m0/s1. The third-order valence-corrected chi connectivity index (χ3v) is 9.03. The Hall–Kier alpha value is -5.69. The smallest absolute Gasteiger partial charge is 0.407 e. The van der Waals surface area contributed by atoms with E-state index in [-0.39, 0.29) is 31.3 Å². The summed E-state index contributed by atoms with van der Waals surface area (Å²) in [6.45, 7) is 0.0956. The van der Waals surface area contributed by atoms with Gasteiger partial charge in [0.15, 0.2) is 0 Å². The van der Waals surface area contributed by atoms with Crippen LogP contribution < -0.4 is 10.6 Å². The number of carboxylic acids is 1. The summed E-state index contributed by atoms with van der Waals surface area (Å²) in [4.78, 5) is 38.4. The van der Waals surface area contributed by atoms with Crippen molar-refractivity contribution in [3.63, 3.8) is 0 Å². The van der Waals surface area contributed by atoms with E-state index in [1.807, 2.05) is 127 Å². The second kappa shape index (κ2) is 14.8. The largest absolute Gasteiger partial charge is 0.480 e. The van der Waals surface area contributed by atoms with Crippen LogP contribution >= 0.6 is 0 Å². The number of amides is 2. The lowest BCUT2D eigenvalue weighted by Crippen LogP contribution is -2.47. The summed E-state index contributed by atoms with van der Waals surface area (Å²) in [6, 6.07) is 44.5. The molecular weight excluding hydrogens is 600 g/mol. The van der Waals surface area contributed by atoms with Gasteiger partial charge in [0.2, 0.25) is 5.91 Å². The minimum absolute atomic E-state index is 0.0956. The lowest BCUT2D eigenvalue weighted by molar-refractivity contribution is -0.139. The second-order valence-corrected chi connectivity index (χ2v) is 12.0. The molecule has 48 heavy (non-hydrogen) atoms. The van der Waals surface area contributed by atoms with E-state index in [0.29, 0.717) is 12.8 Å². The molecule has 1 aliphatic rings. The first-order valence-electron chi connectivity index (χ1n) is 16.3. The molecule has 3 N–H and O–H groups in total.